The molecule has 1 fully saturated rings. The van der Waals surface area contributed by atoms with Gasteiger partial charge in [0.2, 0.25) is 5.91 Å². The van der Waals surface area contributed by atoms with Gasteiger partial charge in [-0.05, 0) is 19.3 Å². The predicted molar refractivity (Wildman–Crippen MR) is 78.1 cm³/mol. The minimum absolute atomic E-state index is 0.267. The van der Waals surface area contributed by atoms with Crippen LogP contribution < -0.4 is 5.32 Å². The third-order valence-corrected chi connectivity index (χ3v) is 5.97. The van der Waals surface area contributed by atoms with Crippen LogP contribution in [0.1, 0.15) is 45.4 Å². The molecule has 118 valence electrons. The number of ketones is 1. The number of nitriles is 1. The molecule has 0 heterocycles. The number of sulfone groups is 1. The second-order valence-electron chi connectivity index (χ2n) is 5.34. The van der Waals surface area contributed by atoms with E-state index in [1.54, 1.807) is 6.07 Å². The van der Waals surface area contributed by atoms with Crippen LogP contribution in [0.3, 0.4) is 0 Å². The van der Waals surface area contributed by atoms with Gasteiger partial charge in [0.25, 0.3) is 0 Å². The molecule has 21 heavy (non-hydrogen) atoms. The van der Waals surface area contributed by atoms with E-state index in [1.165, 1.54) is 0 Å². The standard InChI is InChI=1S/C14H22N2O4S/c1-2-8-16-14(18)12(10-15)13(17)7-9-21(19,20)11-5-3-4-6-11/h11-12H,2-9H2,1H3,(H,16,18). The summed E-state index contributed by atoms with van der Waals surface area (Å²) in [6.07, 6.45) is 3.53. The number of nitrogens with one attached hydrogen (secondary N) is 1. The van der Waals surface area contributed by atoms with Gasteiger partial charge in [0.15, 0.2) is 21.5 Å². The van der Waals surface area contributed by atoms with E-state index < -0.39 is 27.4 Å². The van der Waals surface area contributed by atoms with Crippen molar-refractivity contribution in [1.29, 1.82) is 5.26 Å². The minimum atomic E-state index is -3.30. The molecule has 0 aliphatic heterocycles. The lowest BCUT2D eigenvalue weighted by molar-refractivity contribution is -0.131. The van der Waals surface area contributed by atoms with Crippen LogP contribution in [-0.4, -0.2) is 37.7 Å². The summed E-state index contributed by atoms with van der Waals surface area (Å²) in [4.78, 5) is 23.5. The van der Waals surface area contributed by atoms with Gasteiger partial charge in [-0.25, -0.2) is 8.42 Å². The molecule has 1 aliphatic rings. The molecule has 1 amide bonds. The van der Waals surface area contributed by atoms with Gasteiger partial charge in [0, 0.05) is 13.0 Å². The fraction of sp³-hybridized carbons (Fsp3) is 0.786. The summed E-state index contributed by atoms with van der Waals surface area (Å²) in [5.74, 6) is -2.93. The maximum absolute atomic E-state index is 12.1. The predicted octanol–water partition coefficient (Wildman–Crippen LogP) is 0.969. The normalized spacial score (nSPS) is 17.1. The average molecular weight is 314 g/mol. The SMILES string of the molecule is CCCNC(=O)C(C#N)C(=O)CCS(=O)(=O)C1CCCC1. The number of carbonyl (C=O) groups excluding carboxylic acids is 2. The van der Waals surface area contributed by atoms with Gasteiger partial charge in [-0.15, -0.1) is 0 Å². The van der Waals surface area contributed by atoms with Crippen molar-refractivity contribution in [1.82, 2.24) is 5.32 Å². The van der Waals surface area contributed by atoms with Crippen LogP contribution in [0.15, 0.2) is 0 Å². The van der Waals surface area contributed by atoms with Gasteiger partial charge in [0.05, 0.1) is 17.1 Å². The summed E-state index contributed by atoms with van der Waals surface area (Å²) in [5, 5.41) is 11.0. The zero-order valence-corrected chi connectivity index (χ0v) is 13.1. The number of amides is 1. The maximum atomic E-state index is 12.1. The van der Waals surface area contributed by atoms with Crippen LogP contribution in [0, 0.1) is 17.2 Å². The molecule has 1 atom stereocenters. The first-order valence-electron chi connectivity index (χ1n) is 7.34. The van der Waals surface area contributed by atoms with E-state index in [0.29, 0.717) is 25.8 Å². The minimum Gasteiger partial charge on any atom is -0.355 e. The fourth-order valence-corrected chi connectivity index (χ4v) is 4.30. The number of hydrogen-bond acceptors (Lipinski definition) is 5. The highest BCUT2D eigenvalue weighted by Crippen LogP contribution is 2.25. The van der Waals surface area contributed by atoms with E-state index in [0.717, 1.165) is 12.8 Å². The molecule has 6 nitrogen and oxygen atoms in total. The summed E-state index contributed by atoms with van der Waals surface area (Å²) in [5.41, 5.74) is 0. The molecule has 1 unspecified atom stereocenters. The van der Waals surface area contributed by atoms with Crippen molar-refractivity contribution in [3.8, 4) is 6.07 Å². The zero-order valence-electron chi connectivity index (χ0n) is 12.3. The summed E-state index contributed by atoms with van der Waals surface area (Å²) in [6, 6.07) is 1.66. The third-order valence-electron chi connectivity index (χ3n) is 3.71. The van der Waals surface area contributed by atoms with Crippen LogP contribution in [0.2, 0.25) is 0 Å². The lowest BCUT2D eigenvalue weighted by Crippen LogP contribution is -2.36. The highest BCUT2D eigenvalue weighted by atomic mass is 32.2. The highest BCUT2D eigenvalue weighted by Gasteiger charge is 2.31. The van der Waals surface area contributed by atoms with Gasteiger partial charge < -0.3 is 5.32 Å². The molecule has 7 heteroatoms. The second kappa shape index (κ2) is 8.13. The number of carbonyl (C=O) groups is 2. The zero-order chi connectivity index (χ0) is 15.9. The van der Waals surface area contributed by atoms with E-state index >= 15 is 0 Å². The van der Waals surface area contributed by atoms with E-state index in [4.69, 9.17) is 5.26 Å². The Hall–Kier alpha value is -1.42. The molecule has 1 aliphatic carbocycles. The van der Waals surface area contributed by atoms with Crippen molar-refractivity contribution >= 4 is 21.5 Å². The van der Waals surface area contributed by atoms with Crippen molar-refractivity contribution in [2.75, 3.05) is 12.3 Å². The smallest absolute Gasteiger partial charge is 0.244 e. The van der Waals surface area contributed by atoms with Crippen molar-refractivity contribution in [2.24, 2.45) is 5.92 Å². The van der Waals surface area contributed by atoms with E-state index in [2.05, 4.69) is 5.32 Å². The van der Waals surface area contributed by atoms with E-state index in [-0.39, 0.29) is 17.4 Å². The van der Waals surface area contributed by atoms with Gasteiger partial charge >= 0.3 is 0 Å². The Morgan fingerprint density at radius 2 is 1.95 bits per heavy atom. The molecular weight excluding hydrogens is 292 g/mol. The van der Waals surface area contributed by atoms with Crippen molar-refractivity contribution in [2.45, 2.75) is 50.7 Å². The van der Waals surface area contributed by atoms with Crippen LogP contribution in [0.4, 0.5) is 0 Å². The average Bonchev–Trinajstić information content (AvgIpc) is 2.98. The molecule has 0 aromatic rings. The van der Waals surface area contributed by atoms with Crippen molar-refractivity contribution < 1.29 is 18.0 Å². The Kier molecular flexibility index (Phi) is 6.82. The van der Waals surface area contributed by atoms with Crippen LogP contribution in [0.25, 0.3) is 0 Å². The first-order chi connectivity index (χ1) is 9.92. The van der Waals surface area contributed by atoms with Gasteiger partial charge in [0.1, 0.15) is 0 Å². The fourth-order valence-electron chi connectivity index (χ4n) is 2.43. The van der Waals surface area contributed by atoms with Crippen molar-refractivity contribution in [3.63, 3.8) is 0 Å². The van der Waals surface area contributed by atoms with Crippen LogP contribution >= 0.6 is 0 Å². The molecule has 0 radical (unpaired) electrons. The summed E-state index contributed by atoms with van der Waals surface area (Å²) >= 11 is 0. The summed E-state index contributed by atoms with van der Waals surface area (Å²) in [7, 11) is -3.30. The van der Waals surface area contributed by atoms with Gasteiger partial charge in [-0.2, -0.15) is 5.26 Å². The quantitative estimate of drug-likeness (QED) is 0.672. The Morgan fingerprint density at radius 1 is 1.33 bits per heavy atom. The first-order valence-corrected chi connectivity index (χ1v) is 9.05. The Balaban J connectivity index is 2.55. The molecule has 1 N–H and O–H groups in total. The molecule has 1 rings (SSSR count). The van der Waals surface area contributed by atoms with Crippen LogP contribution in [0.5, 0.6) is 0 Å². The lowest BCUT2D eigenvalue weighted by Gasteiger charge is -2.12. The monoisotopic (exact) mass is 314 g/mol. The van der Waals surface area contributed by atoms with E-state index in [9.17, 15) is 18.0 Å². The molecule has 0 aromatic heterocycles. The Morgan fingerprint density at radius 3 is 2.48 bits per heavy atom. The Bertz CT molecular complexity index is 516. The topological polar surface area (TPSA) is 104 Å². The maximum Gasteiger partial charge on any atom is 0.244 e. The Labute approximate surface area is 125 Å². The summed E-state index contributed by atoms with van der Waals surface area (Å²) < 4.78 is 24.1. The second-order valence-corrected chi connectivity index (χ2v) is 7.74. The molecule has 0 aromatic carbocycles. The molecule has 0 spiro atoms. The molecule has 0 bridgehead atoms. The lowest BCUT2D eigenvalue weighted by atomic mass is 10.0. The van der Waals surface area contributed by atoms with E-state index in [1.807, 2.05) is 6.92 Å². The van der Waals surface area contributed by atoms with Crippen molar-refractivity contribution in [3.05, 3.63) is 0 Å². The highest BCUT2D eigenvalue weighted by molar-refractivity contribution is 7.92. The molecule has 0 saturated heterocycles. The molecule has 1 saturated carbocycles. The number of hydrogen-bond donors (Lipinski definition) is 1. The first kappa shape index (κ1) is 17.6. The van der Waals surface area contributed by atoms with Gasteiger partial charge in [-0.3, -0.25) is 9.59 Å². The molecular formula is C14H22N2O4S. The number of nitrogens with zero attached hydrogens (tertiary/aromatic N) is 1. The van der Waals surface area contributed by atoms with Gasteiger partial charge in [-0.1, -0.05) is 19.8 Å². The third kappa shape index (κ3) is 5.12. The van der Waals surface area contributed by atoms with Crippen LogP contribution in [-0.2, 0) is 19.4 Å². The number of Topliss-reactive ketones (excluding diaryl/α,β-unsaturated/α-hetero) is 1. The number of rotatable bonds is 8. The largest absolute Gasteiger partial charge is 0.355 e. The summed E-state index contributed by atoms with van der Waals surface area (Å²) in [6.45, 7) is 2.25.